The molecule has 0 fully saturated rings. The second-order valence-corrected chi connectivity index (χ2v) is 4.41. The van der Waals surface area contributed by atoms with Gasteiger partial charge in [-0.2, -0.15) is 0 Å². The highest BCUT2D eigenvalue weighted by molar-refractivity contribution is 5.95. The molecule has 2 nitrogen and oxygen atoms in total. The summed E-state index contributed by atoms with van der Waals surface area (Å²) in [5, 5.41) is 11.1. The van der Waals surface area contributed by atoms with Crippen molar-refractivity contribution in [3.05, 3.63) is 76.2 Å². The zero-order valence-corrected chi connectivity index (χ0v) is 9.67. The number of nitrogens with zero attached hydrogens (tertiary/aromatic N) is 2. The van der Waals surface area contributed by atoms with Gasteiger partial charge in [-0.1, -0.05) is 54.6 Å². The first kappa shape index (κ1) is 9.54. The van der Waals surface area contributed by atoms with Gasteiger partial charge in [0.05, 0.1) is 0 Å². The van der Waals surface area contributed by atoms with Crippen LogP contribution in [0.25, 0.3) is 17.5 Å². The average Bonchev–Trinajstić information content (AvgIpc) is 2.98. The summed E-state index contributed by atoms with van der Waals surface area (Å²) in [7, 11) is 0. The van der Waals surface area contributed by atoms with Crippen LogP contribution < -0.4 is 10.4 Å². The Morgan fingerprint density at radius 2 is 1.39 bits per heavy atom. The van der Waals surface area contributed by atoms with Gasteiger partial charge in [-0.25, -0.2) is 0 Å². The van der Waals surface area contributed by atoms with E-state index in [9.17, 15) is 0 Å². The van der Waals surface area contributed by atoms with Crippen LogP contribution in [0, 0.1) is 0 Å². The summed E-state index contributed by atoms with van der Waals surface area (Å²) in [6.45, 7) is 0. The first-order chi connectivity index (χ1) is 8.93. The molecule has 0 saturated heterocycles. The molecule has 0 saturated carbocycles. The number of fused-ring (bicyclic) bond motifs is 2. The minimum atomic E-state index is 0.974. The van der Waals surface area contributed by atoms with E-state index in [0.29, 0.717) is 0 Å². The molecule has 2 aromatic carbocycles. The smallest absolute Gasteiger partial charge is 0.103 e. The molecule has 0 spiro atoms. The Kier molecular flexibility index (Phi) is 1.86. The standard InChI is InChI=1S/C16H10N2/c1-2-6-11(7-3-1)15-14-10-12-8-4-5-9-13(12)16(14)18-17-15/h1-10H. The van der Waals surface area contributed by atoms with Crippen molar-refractivity contribution in [1.29, 1.82) is 0 Å². The van der Waals surface area contributed by atoms with Gasteiger partial charge in [0, 0.05) is 16.4 Å². The maximum atomic E-state index is 4.33. The topological polar surface area (TPSA) is 24.7 Å². The second-order valence-electron chi connectivity index (χ2n) is 4.41. The summed E-state index contributed by atoms with van der Waals surface area (Å²) in [6, 6.07) is 18.5. The van der Waals surface area contributed by atoms with E-state index in [-0.39, 0.29) is 0 Å². The summed E-state index contributed by atoms with van der Waals surface area (Å²) >= 11 is 0. The molecule has 1 aliphatic carbocycles. The summed E-state index contributed by atoms with van der Waals surface area (Å²) in [6.07, 6.45) is 2.17. The highest BCUT2D eigenvalue weighted by Crippen LogP contribution is 2.34. The zero-order chi connectivity index (χ0) is 11.9. The Morgan fingerprint density at radius 3 is 2.28 bits per heavy atom. The largest absolute Gasteiger partial charge is 0.149 e. The lowest BCUT2D eigenvalue weighted by atomic mass is 10.1. The predicted molar refractivity (Wildman–Crippen MR) is 71.8 cm³/mol. The van der Waals surface area contributed by atoms with Crippen molar-refractivity contribution < 1.29 is 0 Å². The van der Waals surface area contributed by atoms with Gasteiger partial charge in [-0.15, -0.1) is 10.2 Å². The van der Waals surface area contributed by atoms with E-state index >= 15 is 0 Å². The fourth-order valence-corrected chi connectivity index (χ4v) is 2.46. The molecule has 84 valence electrons. The first-order valence-electron chi connectivity index (χ1n) is 5.96. The lowest BCUT2D eigenvalue weighted by molar-refractivity contribution is 1.30. The van der Waals surface area contributed by atoms with Crippen LogP contribution in [-0.4, -0.2) is 0 Å². The van der Waals surface area contributed by atoms with E-state index < -0.39 is 0 Å². The number of azo groups is 1. The maximum Gasteiger partial charge on any atom is 0.103 e. The molecule has 4 rings (SSSR count). The van der Waals surface area contributed by atoms with E-state index in [2.05, 4.69) is 46.6 Å². The van der Waals surface area contributed by atoms with E-state index in [0.717, 1.165) is 22.5 Å². The van der Waals surface area contributed by atoms with Gasteiger partial charge in [-0.05, 0) is 11.3 Å². The molecule has 2 aliphatic rings. The predicted octanol–water partition coefficient (Wildman–Crippen LogP) is 2.47. The molecule has 0 bridgehead atoms. The third-order valence-corrected chi connectivity index (χ3v) is 3.32. The van der Waals surface area contributed by atoms with Gasteiger partial charge in [0.2, 0.25) is 0 Å². The molecule has 2 aromatic rings. The van der Waals surface area contributed by atoms with Crippen LogP contribution in [0.1, 0.15) is 5.56 Å². The van der Waals surface area contributed by atoms with Crippen LogP contribution >= 0.6 is 0 Å². The fraction of sp³-hybridized carbons (Fsp3) is 0. The molecule has 1 heterocycles. The van der Waals surface area contributed by atoms with Crippen molar-refractivity contribution in [2.24, 2.45) is 10.2 Å². The Hall–Kier alpha value is -2.48. The quantitative estimate of drug-likeness (QED) is 0.719. The van der Waals surface area contributed by atoms with Crippen LogP contribution in [0.3, 0.4) is 0 Å². The van der Waals surface area contributed by atoms with Crippen LogP contribution in [-0.2, 0) is 0 Å². The molecule has 0 atom stereocenters. The van der Waals surface area contributed by atoms with Crippen molar-refractivity contribution in [1.82, 2.24) is 0 Å². The van der Waals surface area contributed by atoms with E-state index in [1.165, 1.54) is 10.4 Å². The molecular weight excluding hydrogens is 220 g/mol. The molecule has 0 amide bonds. The highest BCUT2D eigenvalue weighted by atomic mass is 15.1. The van der Waals surface area contributed by atoms with Crippen molar-refractivity contribution >= 4 is 17.5 Å². The van der Waals surface area contributed by atoms with Gasteiger partial charge in [-0.3, -0.25) is 0 Å². The SMILES string of the molecule is C1=c2ccccc2=C2N=NC(c3ccccc3)=C12. The van der Waals surface area contributed by atoms with Crippen LogP contribution in [0.15, 0.2) is 70.4 Å². The maximum absolute atomic E-state index is 4.33. The normalized spacial score (nSPS) is 15.7. The third kappa shape index (κ3) is 1.23. The first-order valence-corrected chi connectivity index (χ1v) is 5.96. The van der Waals surface area contributed by atoms with Gasteiger partial charge in [0.25, 0.3) is 0 Å². The second kappa shape index (κ2) is 3.50. The fourth-order valence-electron chi connectivity index (χ4n) is 2.46. The van der Waals surface area contributed by atoms with Crippen molar-refractivity contribution in [3.63, 3.8) is 0 Å². The van der Waals surface area contributed by atoms with Crippen molar-refractivity contribution in [2.45, 2.75) is 0 Å². The Bertz CT molecular complexity index is 812. The molecule has 0 unspecified atom stereocenters. The summed E-state index contributed by atoms with van der Waals surface area (Å²) in [5.74, 6) is 0. The van der Waals surface area contributed by atoms with Crippen LogP contribution in [0.2, 0.25) is 0 Å². The minimum absolute atomic E-state index is 0.974. The van der Waals surface area contributed by atoms with Crippen molar-refractivity contribution in [2.75, 3.05) is 0 Å². The summed E-state index contributed by atoms with van der Waals surface area (Å²) in [5.41, 5.74) is 4.24. The monoisotopic (exact) mass is 230 g/mol. The minimum Gasteiger partial charge on any atom is -0.149 e. The molecule has 0 radical (unpaired) electrons. The van der Waals surface area contributed by atoms with E-state index in [1.54, 1.807) is 0 Å². The molecule has 0 aromatic heterocycles. The van der Waals surface area contributed by atoms with Crippen molar-refractivity contribution in [3.8, 4) is 0 Å². The van der Waals surface area contributed by atoms with Gasteiger partial charge in [0.1, 0.15) is 11.4 Å². The highest BCUT2D eigenvalue weighted by Gasteiger charge is 2.21. The van der Waals surface area contributed by atoms with Crippen LogP contribution in [0.4, 0.5) is 0 Å². The van der Waals surface area contributed by atoms with Gasteiger partial charge >= 0.3 is 0 Å². The molecule has 2 heteroatoms. The van der Waals surface area contributed by atoms with Gasteiger partial charge in [0.15, 0.2) is 0 Å². The third-order valence-electron chi connectivity index (χ3n) is 3.32. The summed E-state index contributed by atoms with van der Waals surface area (Å²) < 4.78 is 0. The molecule has 1 aliphatic heterocycles. The number of hydrogen-bond acceptors (Lipinski definition) is 2. The lowest BCUT2D eigenvalue weighted by Crippen LogP contribution is -2.21. The Labute approximate surface area is 104 Å². The molecule has 0 N–H and O–H groups in total. The zero-order valence-electron chi connectivity index (χ0n) is 9.67. The van der Waals surface area contributed by atoms with E-state index in [1.807, 2.05) is 24.3 Å². The Balaban J connectivity index is 2.04. The van der Waals surface area contributed by atoms with Gasteiger partial charge < -0.3 is 0 Å². The average molecular weight is 230 g/mol. The number of benzene rings is 2. The Morgan fingerprint density at radius 1 is 0.667 bits per heavy atom. The molecule has 18 heavy (non-hydrogen) atoms. The van der Waals surface area contributed by atoms with Crippen LogP contribution in [0.5, 0.6) is 0 Å². The number of rotatable bonds is 1. The number of hydrogen-bond donors (Lipinski definition) is 0. The van der Waals surface area contributed by atoms with E-state index in [4.69, 9.17) is 0 Å². The molecular formula is C16H10N2. The lowest BCUT2D eigenvalue weighted by Gasteiger charge is -1.98. The summed E-state index contributed by atoms with van der Waals surface area (Å²) in [4.78, 5) is 0.